The Morgan fingerprint density at radius 3 is 2.26 bits per heavy atom. The van der Waals surface area contributed by atoms with Crippen LogP contribution in [0.25, 0.3) is 5.57 Å². The van der Waals surface area contributed by atoms with Crippen molar-refractivity contribution in [2.75, 3.05) is 18.0 Å². The third-order valence-electron chi connectivity index (χ3n) is 3.55. The monoisotopic (exact) mass is 253 g/mol. The van der Waals surface area contributed by atoms with Crippen LogP contribution in [0.5, 0.6) is 0 Å². The van der Waals surface area contributed by atoms with E-state index in [1.165, 1.54) is 23.4 Å². The van der Waals surface area contributed by atoms with Gasteiger partial charge in [-0.25, -0.2) is 4.39 Å². The highest BCUT2D eigenvalue weighted by molar-refractivity contribution is 5.68. The zero-order valence-electron chi connectivity index (χ0n) is 10.7. The van der Waals surface area contributed by atoms with Crippen molar-refractivity contribution in [1.82, 2.24) is 0 Å². The first kappa shape index (κ1) is 12.0. The lowest BCUT2D eigenvalue weighted by Crippen LogP contribution is -2.28. The van der Waals surface area contributed by atoms with Gasteiger partial charge in [0.1, 0.15) is 5.82 Å². The van der Waals surface area contributed by atoms with Gasteiger partial charge < -0.3 is 4.90 Å². The molecule has 0 unspecified atom stereocenters. The van der Waals surface area contributed by atoms with Crippen LogP contribution in [0.4, 0.5) is 10.1 Å². The van der Waals surface area contributed by atoms with Crippen molar-refractivity contribution < 1.29 is 4.39 Å². The summed E-state index contributed by atoms with van der Waals surface area (Å²) in [6.07, 6.45) is 3.24. The van der Waals surface area contributed by atoms with E-state index in [2.05, 4.69) is 35.2 Å². The van der Waals surface area contributed by atoms with Crippen molar-refractivity contribution >= 4 is 11.3 Å². The second kappa shape index (κ2) is 5.27. The molecule has 0 saturated heterocycles. The highest BCUT2D eigenvalue weighted by atomic mass is 19.1. The van der Waals surface area contributed by atoms with Crippen LogP contribution in [0.15, 0.2) is 60.7 Å². The molecule has 0 spiro atoms. The van der Waals surface area contributed by atoms with Gasteiger partial charge in [0.15, 0.2) is 0 Å². The number of para-hydroxylation sites is 1. The largest absolute Gasteiger partial charge is 0.367 e. The lowest BCUT2D eigenvalue weighted by atomic mass is 9.99. The fraction of sp³-hybridized carbons (Fsp3) is 0.176. The summed E-state index contributed by atoms with van der Waals surface area (Å²) in [6.45, 7) is 1.92. The number of nitrogens with zero attached hydrogens (tertiary/aromatic N) is 1. The molecule has 1 aliphatic rings. The van der Waals surface area contributed by atoms with Crippen molar-refractivity contribution in [1.29, 1.82) is 0 Å². The topological polar surface area (TPSA) is 3.24 Å². The second-order valence-corrected chi connectivity index (χ2v) is 4.77. The second-order valence-electron chi connectivity index (χ2n) is 4.77. The molecular weight excluding hydrogens is 237 g/mol. The SMILES string of the molecule is Fc1ccc(C2=CCN(c3ccccc3)CC2)cc1. The van der Waals surface area contributed by atoms with Gasteiger partial charge >= 0.3 is 0 Å². The van der Waals surface area contributed by atoms with Gasteiger partial charge in [-0.3, -0.25) is 0 Å². The van der Waals surface area contributed by atoms with Gasteiger partial charge in [0.2, 0.25) is 0 Å². The van der Waals surface area contributed by atoms with Crippen LogP contribution in [0.1, 0.15) is 12.0 Å². The minimum absolute atomic E-state index is 0.175. The summed E-state index contributed by atoms with van der Waals surface area (Å²) in [7, 11) is 0. The van der Waals surface area contributed by atoms with Gasteiger partial charge in [0.25, 0.3) is 0 Å². The molecule has 0 atom stereocenters. The molecule has 2 aromatic rings. The van der Waals surface area contributed by atoms with E-state index in [0.717, 1.165) is 25.1 Å². The molecule has 0 fully saturated rings. The average Bonchev–Trinajstić information content (AvgIpc) is 2.49. The first-order valence-corrected chi connectivity index (χ1v) is 6.58. The molecule has 2 heteroatoms. The molecule has 1 aliphatic heterocycles. The fourth-order valence-corrected chi connectivity index (χ4v) is 2.47. The molecule has 0 N–H and O–H groups in total. The van der Waals surface area contributed by atoms with Crippen LogP contribution in [-0.2, 0) is 0 Å². The molecule has 0 saturated carbocycles. The minimum atomic E-state index is -0.175. The van der Waals surface area contributed by atoms with Crippen LogP contribution in [0.2, 0.25) is 0 Å². The van der Waals surface area contributed by atoms with Crippen molar-refractivity contribution in [2.24, 2.45) is 0 Å². The molecule has 1 heterocycles. The van der Waals surface area contributed by atoms with Crippen LogP contribution < -0.4 is 4.90 Å². The zero-order chi connectivity index (χ0) is 13.1. The molecular formula is C17H16FN. The van der Waals surface area contributed by atoms with E-state index in [-0.39, 0.29) is 5.82 Å². The maximum absolute atomic E-state index is 12.9. The first-order valence-electron chi connectivity index (χ1n) is 6.58. The summed E-state index contributed by atoms with van der Waals surface area (Å²) < 4.78 is 12.9. The predicted molar refractivity (Wildman–Crippen MR) is 77.6 cm³/mol. The summed E-state index contributed by atoms with van der Waals surface area (Å²) in [5, 5.41) is 0. The Morgan fingerprint density at radius 1 is 0.895 bits per heavy atom. The first-order chi connectivity index (χ1) is 9.33. The van der Waals surface area contributed by atoms with E-state index < -0.39 is 0 Å². The molecule has 96 valence electrons. The van der Waals surface area contributed by atoms with Crippen molar-refractivity contribution in [2.45, 2.75) is 6.42 Å². The molecule has 1 nitrogen and oxygen atoms in total. The smallest absolute Gasteiger partial charge is 0.123 e. The summed E-state index contributed by atoms with van der Waals surface area (Å²) in [4.78, 5) is 2.35. The molecule has 0 radical (unpaired) electrons. The van der Waals surface area contributed by atoms with Gasteiger partial charge in [-0.15, -0.1) is 0 Å². The van der Waals surface area contributed by atoms with Gasteiger partial charge in [-0.2, -0.15) is 0 Å². The lowest BCUT2D eigenvalue weighted by Gasteiger charge is -2.28. The standard InChI is InChI=1S/C17H16FN/c18-16-8-6-14(7-9-16)15-10-12-19(13-11-15)17-4-2-1-3-5-17/h1-10H,11-13H2. The molecule has 0 aliphatic carbocycles. The van der Waals surface area contributed by atoms with Gasteiger partial charge in [-0.05, 0) is 41.8 Å². The van der Waals surface area contributed by atoms with E-state index in [9.17, 15) is 4.39 Å². The Morgan fingerprint density at radius 2 is 1.63 bits per heavy atom. The van der Waals surface area contributed by atoms with Gasteiger partial charge in [0.05, 0.1) is 0 Å². The number of halogens is 1. The summed E-state index contributed by atoms with van der Waals surface area (Å²) in [5.41, 5.74) is 3.71. The third-order valence-corrected chi connectivity index (χ3v) is 3.55. The predicted octanol–water partition coefficient (Wildman–Crippen LogP) is 4.12. The Kier molecular flexibility index (Phi) is 3.32. The quantitative estimate of drug-likeness (QED) is 0.778. The van der Waals surface area contributed by atoms with Crippen LogP contribution in [-0.4, -0.2) is 13.1 Å². The lowest BCUT2D eigenvalue weighted by molar-refractivity contribution is 0.627. The Hall–Kier alpha value is -2.09. The molecule has 0 bridgehead atoms. The molecule has 3 rings (SSSR count). The summed E-state index contributed by atoms with van der Waals surface area (Å²) >= 11 is 0. The summed E-state index contributed by atoms with van der Waals surface area (Å²) in [6, 6.07) is 17.2. The normalized spacial score (nSPS) is 15.2. The van der Waals surface area contributed by atoms with Crippen molar-refractivity contribution in [3.63, 3.8) is 0 Å². The van der Waals surface area contributed by atoms with Crippen LogP contribution >= 0.6 is 0 Å². The Labute approximate surface area is 113 Å². The highest BCUT2D eigenvalue weighted by Crippen LogP contribution is 2.25. The highest BCUT2D eigenvalue weighted by Gasteiger charge is 2.13. The van der Waals surface area contributed by atoms with Gasteiger partial charge in [-0.1, -0.05) is 36.4 Å². The average molecular weight is 253 g/mol. The Balaban J connectivity index is 1.75. The van der Waals surface area contributed by atoms with E-state index in [1.54, 1.807) is 0 Å². The molecule has 2 aromatic carbocycles. The number of rotatable bonds is 2. The zero-order valence-corrected chi connectivity index (χ0v) is 10.7. The Bertz CT molecular complexity index is 572. The van der Waals surface area contributed by atoms with Crippen LogP contribution in [0.3, 0.4) is 0 Å². The molecule has 19 heavy (non-hydrogen) atoms. The number of hydrogen-bond acceptors (Lipinski definition) is 1. The molecule has 0 aromatic heterocycles. The van der Waals surface area contributed by atoms with E-state index in [1.807, 2.05) is 18.2 Å². The third kappa shape index (κ3) is 2.68. The van der Waals surface area contributed by atoms with E-state index in [4.69, 9.17) is 0 Å². The van der Waals surface area contributed by atoms with Crippen LogP contribution in [0, 0.1) is 5.82 Å². The van der Waals surface area contributed by atoms with Crippen molar-refractivity contribution in [3.8, 4) is 0 Å². The number of hydrogen-bond donors (Lipinski definition) is 0. The molecule has 0 amide bonds. The van der Waals surface area contributed by atoms with Gasteiger partial charge in [0, 0.05) is 18.8 Å². The summed E-state index contributed by atoms with van der Waals surface area (Å²) in [5.74, 6) is -0.175. The maximum Gasteiger partial charge on any atom is 0.123 e. The van der Waals surface area contributed by atoms with E-state index in [0.29, 0.717) is 0 Å². The number of anilines is 1. The fourth-order valence-electron chi connectivity index (χ4n) is 2.47. The number of benzene rings is 2. The maximum atomic E-state index is 12.9. The van der Waals surface area contributed by atoms with E-state index >= 15 is 0 Å². The minimum Gasteiger partial charge on any atom is -0.367 e. The van der Waals surface area contributed by atoms with Crippen molar-refractivity contribution in [3.05, 3.63) is 72.1 Å².